The first-order chi connectivity index (χ1) is 8.31. The Morgan fingerprint density at radius 2 is 2.29 bits per heavy atom. The highest BCUT2D eigenvalue weighted by atomic mass is 79.9. The van der Waals surface area contributed by atoms with Crippen molar-refractivity contribution < 1.29 is 4.42 Å². The van der Waals surface area contributed by atoms with Gasteiger partial charge in [-0.2, -0.15) is 0 Å². The first-order valence-corrected chi connectivity index (χ1v) is 7.17. The summed E-state index contributed by atoms with van der Waals surface area (Å²) in [6, 6.07) is 3.84. The lowest BCUT2D eigenvalue weighted by Gasteiger charge is -1.90. The quantitative estimate of drug-likeness (QED) is 0.682. The van der Waals surface area contributed by atoms with Gasteiger partial charge in [0.05, 0.1) is 0 Å². The molecular weight excluding hydrogens is 300 g/mol. The van der Waals surface area contributed by atoms with Crippen LogP contribution in [0.2, 0.25) is 0 Å². The molecule has 0 atom stereocenters. The average Bonchev–Trinajstić information content (AvgIpc) is 2.95. The van der Waals surface area contributed by atoms with E-state index in [4.69, 9.17) is 4.42 Å². The molecule has 3 aromatic rings. The Morgan fingerprint density at radius 1 is 1.35 bits per heavy atom. The zero-order chi connectivity index (χ0) is 11.4. The van der Waals surface area contributed by atoms with Gasteiger partial charge in [0.1, 0.15) is 5.69 Å². The van der Waals surface area contributed by atoms with Crippen LogP contribution in [0.1, 0.15) is 17.0 Å². The molecule has 0 radical (unpaired) electrons. The molecule has 3 heterocycles. The molecular formula is C12H9BrN2OS. The summed E-state index contributed by atoms with van der Waals surface area (Å²) >= 11 is 5.12. The molecule has 3 aromatic heterocycles. The van der Waals surface area contributed by atoms with Crippen LogP contribution in [0.3, 0.4) is 0 Å². The van der Waals surface area contributed by atoms with Crippen molar-refractivity contribution >= 4 is 32.2 Å². The number of fused-ring (bicyclic) bond motifs is 3. The first-order valence-electron chi connectivity index (χ1n) is 5.56. The fourth-order valence-electron chi connectivity index (χ4n) is 2.37. The van der Waals surface area contributed by atoms with E-state index in [1.165, 1.54) is 29.8 Å². The maximum absolute atomic E-state index is 5.53. The fraction of sp³-hybridized carbons (Fsp3) is 0.250. The van der Waals surface area contributed by atoms with Crippen LogP contribution in [0.15, 0.2) is 27.4 Å². The Hall–Kier alpha value is -1.07. The van der Waals surface area contributed by atoms with Crippen molar-refractivity contribution in [3.05, 3.63) is 33.6 Å². The van der Waals surface area contributed by atoms with Crippen molar-refractivity contribution in [2.24, 2.45) is 0 Å². The van der Waals surface area contributed by atoms with E-state index in [2.05, 4.69) is 31.5 Å². The van der Waals surface area contributed by atoms with Crippen LogP contribution in [-0.4, -0.2) is 9.38 Å². The molecule has 0 aliphatic heterocycles. The number of hydrogen-bond acceptors (Lipinski definition) is 3. The molecule has 0 saturated heterocycles. The van der Waals surface area contributed by atoms with Crippen LogP contribution in [0, 0.1) is 0 Å². The predicted molar refractivity (Wildman–Crippen MR) is 70.5 cm³/mol. The maximum atomic E-state index is 5.53. The van der Waals surface area contributed by atoms with E-state index >= 15 is 0 Å². The van der Waals surface area contributed by atoms with Gasteiger partial charge in [-0.15, -0.1) is 11.3 Å². The minimum absolute atomic E-state index is 0.745. The number of aromatic nitrogens is 2. The number of furan rings is 1. The Labute approximate surface area is 110 Å². The molecule has 0 unspecified atom stereocenters. The monoisotopic (exact) mass is 308 g/mol. The van der Waals surface area contributed by atoms with Gasteiger partial charge in [-0.3, -0.25) is 4.40 Å². The summed E-state index contributed by atoms with van der Waals surface area (Å²) in [5.74, 6) is 0.819. The third kappa shape index (κ3) is 1.42. The van der Waals surface area contributed by atoms with E-state index in [-0.39, 0.29) is 0 Å². The van der Waals surface area contributed by atoms with Gasteiger partial charge in [0.15, 0.2) is 15.4 Å². The molecule has 0 saturated carbocycles. The van der Waals surface area contributed by atoms with E-state index in [0.29, 0.717) is 0 Å². The highest BCUT2D eigenvalue weighted by Gasteiger charge is 2.20. The van der Waals surface area contributed by atoms with Gasteiger partial charge >= 0.3 is 0 Å². The fourth-order valence-corrected chi connectivity index (χ4v) is 3.87. The standard InChI is InChI=1S/C12H9BrN2OS/c13-11-5-4-9(16-11)7-6-15-8-2-1-3-10(8)17-12(15)14-7/h4-6H,1-3H2. The van der Waals surface area contributed by atoms with Crippen LogP contribution in [0.4, 0.5) is 0 Å². The average molecular weight is 309 g/mol. The van der Waals surface area contributed by atoms with Crippen molar-refractivity contribution in [3.8, 4) is 11.5 Å². The second-order valence-electron chi connectivity index (χ2n) is 4.21. The molecule has 0 N–H and O–H groups in total. The molecule has 17 heavy (non-hydrogen) atoms. The molecule has 86 valence electrons. The third-order valence-electron chi connectivity index (χ3n) is 3.14. The molecule has 0 amide bonds. The lowest BCUT2D eigenvalue weighted by Crippen LogP contribution is -1.84. The van der Waals surface area contributed by atoms with Crippen LogP contribution >= 0.6 is 27.3 Å². The lowest BCUT2D eigenvalue weighted by atomic mass is 10.3. The second-order valence-corrected chi connectivity index (χ2v) is 6.05. The third-order valence-corrected chi connectivity index (χ3v) is 4.73. The molecule has 1 aliphatic rings. The highest BCUT2D eigenvalue weighted by molar-refractivity contribution is 9.10. The van der Waals surface area contributed by atoms with E-state index in [9.17, 15) is 0 Å². The smallest absolute Gasteiger partial charge is 0.194 e. The number of nitrogens with zero attached hydrogens (tertiary/aromatic N) is 2. The number of hydrogen-bond donors (Lipinski definition) is 0. The second kappa shape index (κ2) is 3.46. The van der Waals surface area contributed by atoms with Gasteiger partial charge < -0.3 is 4.42 Å². The summed E-state index contributed by atoms with van der Waals surface area (Å²) in [5.41, 5.74) is 2.35. The first kappa shape index (κ1) is 9.91. The molecule has 0 spiro atoms. The van der Waals surface area contributed by atoms with E-state index in [1.807, 2.05) is 23.5 Å². The molecule has 0 bridgehead atoms. The predicted octanol–water partition coefficient (Wildman–Crippen LogP) is 3.91. The summed E-state index contributed by atoms with van der Waals surface area (Å²) in [6.45, 7) is 0. The Bertz CT molecular complexity index is 709. The van der Waals surface area contributed by atoms with Crippen LogP contribution < -0.4 is 0 Å². The molecule has 0 fully saturated rings. The summed E-state index contributed by atoms with van der Waals surface area (Å²) in [6.07, 6.45) is 5.75. The SMILES string of the molecule is Brc1ccc(-c2cn3c4c(sc3n2)CCC4)o1. The summed E-state index contributed by atoms with van der Waals surface area (Å²) in [7, 11) is 0. The highest BCUT2D eigenvalue weighted by Crippen LogP contribution is 2.33. The Kier molecular flexibility index (Phi) is 2.02. The minimum atomic E-state index is 0.745. The van der Waals surface area contributed by atoms with Crippen molar-refractivity contribution in [1.29, 1.82) is 0 Å². The van der Waals surface area contributed by atoms with Crippen LogP contribution in [0.25, 0.3) is 16.4 Å². The van der Waals surface area contributed by atoms with Crippen molar-refractivity contribution in [1.82, 2.24) is 9.38 Å². The number of rotatable bonds is 1. The van der Waals surface area contributed by atoms with Gasteiger partial charge in [0.2, 0.25) is 0 Å². The topological polar surface area (TPSA) is 30.4 Å². The number of imidazole rings is 1. The normalized spacial score (nSPS) is 14.6. The van der Waals surface area contributed by atoms with Crippen LogP contribution in [-0.2, 0) is 12.8 Å². The summed E-state index contributed by atoms with van der Waals surface area (Å²) in [5, 5.41) is 0. The van der Waals surface area contributed by atoms with Crippen LogP contribution in [0.5, 0.6) is 0 Å². The zero-order valence-electron chi connectivity index (χ0n) is 8.94. The van der Waals surface area contributed by atoms with E-state index in [1.54, 1.807) is 0 Å². The van der Waals surface area contributed by atoms with Crippen molar-refractivity contribution in [2.75, 3.05) is 0 Å². The number of aryl methyl sites for hydroxylation is 2. The maximum Gasteiger partial charge on any atom is 0.194 e. The van der Waals surface area contributed by atoms with Crippen molar-refractivity contribution in [2.45, 2.75) is 19.3 Å². The minimum Gasteiger partial charge on any atom is -0.448 e. The van der Waals surface area contributed by atoms with Gasteiger partial charge in [0, 0.05) is 16.8 Å². The van der Waals surface area contributed by atoms with Crippen molar-refractivity contribution in [3.63, 3.8) is 0 Å². The Morgan fingerprint density at radius 3 is 3.12 bits per heavy atom. The van der Waals surface area contributed by atoms with Gasteiger partial charge in [0.25, 0.3) is 0 Å². The Balaban J connectivity index is 1.90. The zero-order valence-corrected chi connectivity index (χ0v) is 11.3. The van der Waals surface area contributed by atoms with Gasteiger partial charge in [-0.25, -0.2) is 4.98 Å². The molecule has 3 nitrogen and oxygen atoms in total. The van der Waals surface area contributed by atoms with E-state index in [0.717, 1.165) is 21.1 Å². The molecule has 1 aliphatic carbocycles. The van der Waals surface area contributed by atoms with Gasteiger partial charge in [-0.05, 0) is 47.3 Å². The molecule has 4 rings (SSSR count). The molecule has 5 heteroatoms. The number of halogens is 1. The van der Waals surface area contributed by atoms with Gasteiger partial charge in [-0.1, -0.05) is 0 Å². The van der Waals surface area contributed by atoms with E-state index < -0.39 is 0 Å². The summed E-state index contributed by atoms with van der Waals surface area (Å²) in [4.78, 5) is 7.21. The summed E-state index contributed by atoms with van der Waals surface area (Å²) < 4.78 is 8.50. The number of thiazole rings is 1. The largest absolute Gasteiger partial charge is 0.448 e. The molecule has 0 aromatic carbocycles. The lowest BCUT2D eigenvalue weighted by molar-refractivity contribution is 0.554.